The molecule has 21 heavy (non-hydrogen) atoms. The Balaban J connectivity index is 1.82. The lowest BCUT2D eigenvalue weighted by atomic mass is 10.2. The third-order valence-corrected chi connectivity index (χ3v) is 3.33. The van der Waals surface area contributed by atoms with E-state index in [1.54, 1.807) is 0 Å². The van der Waals surface area contributed by atoms with Crippen molar-refractivity contribution in [3.05, 3.63) is 24.0 Å². The fourth-order valence-electron chi connectivity index (χ4n) is 2.41. The number of nitrogen functional groups attached to an aromatic ring is 1. The summed E-state index contributed by atoms with van der Waals surface area (Å²) in [6, 6.07) is 4.16. The molecular weight excluding hydrogens is 275 g/mol. The van der Waals surface area contributed by atoms with Gasteiger partial charge in [-0.2, -0.15) is 0 Å². The molecule has 2 amide bonds. The summed E-state index contributed by atoms with van der Waals surface area (Å²) in [5, 5.41) is 5.52. The number of nitrogens with zero attached hydrogens (tertiary/aromatic N) is 1. The fraction of sp³-hybridized carbons (Fsp3) is 0.429. The highest BCUT2D eigenvalue weighted by molar-refractivity contribution is 5.92. The molecule has 0 bridgehead atoms. The zero-order valence-corrected chi connectivity index (χ0v) is 11.9. The minimum absolute atomic E-state index is 0.000283. The van der Waals surface area contributed by atoms with Gasteiger partial charge in [0.15, 0.2) is 0 Å². The first-order valence-electron chi connectivity index (χ1n) is 6.78. The summed E-state index contributed by atoms with van der Waals surface area (Å²) in [5.41, 5.74) is 5.92. The van der Waals surface area contributed by atoms with Crippen molar-refractivity contribution in [3.63, 3.8) is 0 Å². The van der Waals surface area contributed by atoms with Gasteiger partial charge in [-0.3, -0.25) is 14.5 Å². The summed E-state index contributed by atoms with van der Waals surface area (Å²) >= 11 is 0. The lowest BCUT2D eigenvalue weighted by Gasteiger charge is -2.16. The van der Waals surface area contributed by atoms with E-state index in [0.717, 1.165) is 13.0 Å². The molecule has 1 aliphatic rings. The molecule has 1 fully saturated rings. The van der Waals surface area contributed by atoms with E-state index in [2.05, 4.69) is 10.6 Å². The zero-order chi connectivity index (χ0) is 15.4. The van der Waals surface area contributed by atoms with Crippen molar-refractivity contribution < 1.29 is 14.0 Å². The standard InChI is InChI=1S/C14H19FN4O2/c1-9(20)17-11-4-5-19(7-11)8-14(21)18-10-2-3-12(15)13(16)6-10/h2-3,6,11H,4-5,7-8,16H2,1H3,(H,17,20)(H,18,21). The van der Waals surface area contributed by atoms with Gasteiger partial charge in [0, 0.05) is 31.7 Å². The van der Waals surface area contributed by atoms with E-state index in [1.165, 1.54) is 25.1 Å². The van der Waals surface area contributed by atoms with E-state index in [9.17, 15) is 14.0 Å². The average Bonchev–Trinajstić information content (AvgIpc) is 2.80. The van der Waals surface area contributed by atoms with E-state index in [4.69, 9.17) is 5.73 Å². The minimum Gasteiger partial charge on any atom is -0.396 e. The normalized spacial score (nSPS) is 18.5. The van der Waals surface area contributed by atoms with Crippen LogP contribution in [0.5, 0.6) is 0 Å². The van der Waals surface area contributed by atoms with E-state index in [-0.39, 0.29) is 30.1 Å². The van der Waals surface area contributed by atoms with E-state index in [1.807, 2.05) is 4.90 Å². The Kier molecular flexibility index (Phi) is 4.74. The summed E-state index contributed by atoms with van der Waals surface area (Å²) in [7, 11) is 0. The van der Waals surface area contributed by atoms with Crippen LogP contribution in [0.3, 0.4) is 0 Å². The lowest BCUT2D eigenvalue weighted by molar-refractivity contribution is -0.119. The Hall–Kier alpha value is -2.15. The van der Waals surface area contributed by atoms with Gasteiger partial charge < -0.3 is 16.4 Å². The van der Waals surface area contributed by atoms with Crippen LogP contribution in [0.4, 0.5) is 15.8 Å². The van der Waals surface area contributed by atoms with Crippen LogP contribution >= 0.6 is 0 Å². The average molecular weight is 294 g/mol. The number of nitrogens with one attached hydrogen (secondary N) is 2. The van der Waals surface area contributed by atoms with Gasteiger partial charge in [-0.25, -0.2) is 4.39 Å². The van der Waals surface area contributed by atoms with E-state index >= 15 is 0 Å². The second-order valence-electron chi connectivity index (χ2n) is 5.21. The topological polar surface area (TPSA) is 87.5 Å². The molecule has 1 atom stereocenters. The molecule has 114 valence electrons. The van der Waals surface area contributed by atoms with Crippen LogP contribution in [-0.2, 0) is 9.59 Å². The number of rotatable bonds is 4. The second-order valence-corrected chi connectivity index (χ2v) is 5.21. The molecule has 0 radical (unpaired) electrons. The summed E-state index contributed by atoms with van der Waals surface area (Å²) in [5.74, 6) is -0.761. The predicted molar refractivity (Wildman–Crippen MR) is 78.1 cm³/mol. The molecule has 1 aromatic rings. The first-order chi connectivity index (χ1) is 9.94. The molecule has 0 saturated carbocycles. The van der Waals surface area contributed by atoms with Crippen molar-refractivity contribution in [2.45, 2.75) is 19.4 Å². The Morgan fingerprint density at radius 3 is 2.90 bits per heavy atom. The quantitative estimate of drug-likeness (QED) is 0.708. The minimum atomic E-state index is -0.509. The van der Waals surface area contributed by atoms with Crippen LogP contribution in [0, 0.1) is 5.82 Å². The van der Waals surface area contributed by atoms with Gasteiger partial charge in [0.1, 0.15) is 5.82 Å². The van der Waals surface area contributed by atoms with Gasteiger partial charge in [0.25, 0.3) is 0 Å². The number of hydrogen-bond acceptors (Lipinski definition) is 4. The number of halogens is 1. The molecule has 2 rings (SSSR count). The molecule has 7 heteroatoms. The largest absolute Gasteiger partial charge is 0.396 e. The van der Waals surface area contributed by atoms with Crippen molar-refractivity contribution in [2.75, 3.05) is 30.7 Å². The third kappa shape index (κ3) is 4.42. The van der Waals surface area contributed by atoms with Gasteiger partial charge in [0.2, 0.25) is 11.8 Å². The van der Waals surface area contributed by atoms with E-state index in [0.29, 0.717) is 12.2 Å². The molecule has 1 saturated heterocycles. The lowest BCUT2D eigenvalue weighted by Crippen LogP contribution is -2.37. The van der Waals surface area contributed by atoms with E-state index < -0.39 is 5.82 Å². The Labute approximate surface area is 122 Å². The fourth-order valence-corrected chi connectivity index (χ4v) is 2.41. The van der Waals surface area contributed by atoms with Crippen LogP contribution in [0.1, 0.15) is 13.3 Å². The van der Waals surface area contributed by atoms with Gasteiger partial charge >= 0.3 is 0 Å². The van der Waals surface area contributed by atoms with Gasteiger partial charge in [-0.05, 0) is 24.6 Å². The first kappa shape index (κ1) is 15.2. The number of carbonyl (C=O) groups excluding carboxylic acids is 2. The highest BCUT2D eigenvalue weighted by Crippen LogP contribution is 2.16. The summed E-state index contributed by atoms with van der Waals surface area (Å²) < 4.78 is 13.0. The Morgan fingerprint density at radius 2 is 2.24 bits per heavy atom. The first-order valence-corrected chi connectivity index (χ1v) is 6.78. The number of carbonyl (C=O) groups is 2. The molecule has 1 heterocycles. The van der Waals surface area contributed by atoms with Crippen molar-refractivity contribution in [1.82, 2.24) is 10.2 Å². The van der Waals surface area contributed by atoms with Crippen molar-refractivity contribution >= 4 is 23.2 Å². The number of benzene rings is 1. The number of hydrogen-bond donors (Lipinski definition) is 3. The molecule has 6 nitrogen and oxygen atoms in total. The number of likely N-dealkylation sites (tertiary alicyclic amines) is 1. The monoisotopic (exact) mass is 294 g/mol. The molecule has 0 aromatic heterocycles. The second kappa shape index (κ2) is 6.53. The molecule has 0 spiro atoms. The number of amides is 2. The molecule has 1 aliphatic heterocycles. The summed E-state index contributed by atoms with van der Waals surface area (Å²) in [6.07, 6.45) is 0.830. The number of anilines is 2. The molecule has 1 aromatic carbocycles. The maximum Gasteiger partial charge on any atom is 0.238 e. The molecule has 4 N–H and O–H groups in total. The third-order valence-electron chi connectivity index (χ3n) is 3.33. The van der Waals surface area contributed by atoms with Crippen LogP contribution in [0.25, 0.3) is 0 Å². The summed E-state index contributed by atoms with van der Waals surface area (Å²) in [4.78, 5) is 24.9. The smallest absolute Gasteiger partial charge is 0.238 e. The molecule has 1 unspecified atom stereocenters. The molecule has 0 aliphatic carbocycles. The number of nitrogens with two attached hydrogens (primary N) is 1. The molecular formula is C14H19FN4O2. The Bertz CT molecular complexity index is 550. The van der Waals surface area contributed by atoms with Crippen molar-refractivity contribution in [2.24, 2.45) is 0 Å². The van der Waals surface area contributed by atoms with Gasteiger partial charge in [-0.1, -0.05) is 0 Å². The summed E-state index contributed by atoms with van der Waals surface area (Å²) in [6.45, 7) is 3.12. The highest BCUT2D eigenvalue weighted by Gasteiger charge is 2.24. The zero-order valence-electron chi connectivity index (χ0n) is 11.9. The maximum atomic E-state index is 13.0. The predicted octanol–water partition coefficient (Wildman–Crippen LogP) is 0.557. The van der Waals surface area contributed by atoms with Crippen LogP contribution in [-0.4, -0.2) is 42.4 Å². The van der Waals surface area contributed by atoms with Crippen molar-refractivity contribution in [1.29, 1.82) is 0 Å². The van der Waals surface area contributed by atoms with Crippen LogP contribution in [0.15, 0.2) is 18.2 Å². The maximum absolute atomic E-state index is 13.0. The van der Waals surface area contributed by atoms with Crippen LogP contribution < -0.4 is 16.4 Å². The SMILES string of the molecule is CC(=O)NC1CCN(CC(=O)Nc2ccc(F)c(N)c2)C1. The van der Waals surface area contributed by atoms with Gasteiger partial charge in [-0.15, -0.1) is 0 Å². The van der Waals surface area contributed by atoms with Crippen LogP contribution in [0.2, 0.25) is 0 Å². The van der Waals surface area contributed by atoms with Gasteiger partial charge in [0.05, 0.1) is 12.2 Å². The van der Waals surface area contributed by atoms with Crippen molar-refractivity contribution in [3.8, 4) is 0 Å². The Morgan fingerprint density at radius 1 is 1.48 bits per heavy atom. The highest BCUT2D eigenvalue weighted by atomic mass is 19.1.